The van der Waals surface area contributed by atoms with Crippen LogP contribution in [0.2, 0.25) is 0 Å². The van der Waals surface area contributed by atoms with Crippen molar-refractivity contribution < 1.29 is 0 Å². The zero-order valence-corrected chi connectivity index (χ0v) is 6.25. The van der Waals surface area contributed by atoms with Crippen molar-refractivity contribution in [2.24, 2.45) is 0 Å². The van der Waals surface area contributed by atoms with Crippen LogP contribution in [0.1, 0.15) is 17.6 Å². The Hall–Kier alpha value is -0.700. The largest absolute Gasteiger partial charge is 0.303 e. The maximum atomic E-state index is 7.19. The molecule has 0 saturated carbocycles. The molecule has 0 amide bonds. The standard InChI is InChI=1S/C6H8N2S/c1-4(7)6-3-9-5(2)8-6/h3,7H,1-2H3. The van der Waals surface area contributed by atoms with Gasteiger partial charge in [0.2, 0.25) is 0 Å². The molecule has 0 radical (unpaired) electrons. The van der Waals surface area contributed by atoms with Crippen molar-refractivity contribution in [3.8, 4) is 0 Å². The first-order valence-corrected chi connectivity index (χ1v) is 3.56. The van der Waals surface area contributed by atoms with Crippen molar-refractivity contribution in [2.75, 3.05) is 0 Å². The first kappa shape index (κ1) is 6.42. The van der Waals surface area contributed by atoms with Crippen molar-refractivity contribution in [3.05, 3.63) is 16.1 Å². The van der Waals surface area contributed by atoms with Crippen molar-refractivity contribution >= 4 is 17.0 Å². The summed E-state index contributed by atoms with van der Waals surface area (Å²) in [6.45, 7) is 3.69. The Morgan fingerprint density at radius 3 is 2.67 bits per heavy atom. The molecule has 0 unspecified atom stereocenters. The molecule has 0 saturated heterocycles. The van der Waals surface area contributed by atoms with E-state index in [1.54, 1.807) is 18.3 Å². The van der Waals surface area contributed by atoms with Crippen LogP contribution < -0.4 is 0 Å². The number of hydrogen-bond donors (Lipinski definition) is 1. The summed E-state index contributed by atoms with van der Waals surface area (Å²) in [5.41, 5.74) is 1.34. The van der Waals surface area contributed by atoms with Crippen LogP contribution in [0.4, 0.5) is 0 Å². The Balaban J connectivity index is 2.98. The van der Waals surface area contributed by atoms with E-state index in [4.69, 9.17) is 5.41 Å². The predicted molar refractivity (Wildman–Crippen MR) is 39.4 cm³/mol. The lowest BCUT2D eigenvalue weighted by atomic mass is 10.3. The van der Waals surface area contributed by atoms with Crippen LogP contribution in [0, 0.1) is 12.3 Å². The average Bonchev–Trinajstić information content (AvgIpc) is 2.14. The summed E-state index contributed by atoms with van der Waals surface area (Å²) in [5.74, 6) is 0. The summed E-state index contributed by atoms with van der Waals surface area (Å²) >= 11 is 1.58. The van der Waals surface area contributed by atoms with Gasteiger partial charge in [0, 0.05) is 5.38 Å². The maximum absolute atomic E-state index is 7.19. The van der Waals surface area contributed by atoms with Crippen LogP contribution in [0.25, 0.3) is 0 Å². The molecule has 0 aromatic carbocycles. The molecule has 1 heterocycles. The third-order valence-corrected chi connectivity index (χ3v) is 1.78. The molecule has 0 spiro atoms. The number of hydrogen-bond acceptors (Lipinski definition) is 3. The van der Waals surface area contributed by atoms with Crippen molar-refractivity contribution in [1.29, 1.82) is 5.41 Å². The van der Waals surface area contributed by atoms with Gasteiger partial charge in [-0.05, 0) is 13.8 Å². The molecule has 0 bridgehead atoms. The van der Waals surface area contributed by atoms with Gasteiger partial charge < -0.3 is 5.41 Å². The summed E-state index contributed by atoms with van der Waals surface area (Å²) < 4.78 is 0. The highest BCUT2D eigenvalue weighted by atomic mass is 32.1. The molecule has 0 fully saturated rings. The van der Waals surface area contributed by atoms with Crippen LogP contribution in [0.3, 0.4) is 0 Å². The van der Waals surface area contributed by atoms with Gasteiger partial charge in [-0.3, -0.25) is 0 Å². The normalized spacial score (nSPS) is 9.56. The second-order valence-electron chi connectivity index (χ2n) is 1.88. The third-order valence-electron chi connectivity index (χ3n) is 1.00. The van der Waals surface area contributed by atoms with E-state index < -0.39 is 0 Å². The molecule has 2 nitrogen and oxygen atoms in total. The fourth-order valence-corrected chi connectivity index (χ4v) is 1.20. The summed E-state index contributed by atoms with van der Waals surface area (Å²) in [5, 5.41) is 10.1. The van der Waals surface area contributed by atoms with Gasteiger partial charge in [-0.25, -0.2) is 4.98 Å². The van der Waals surface area contributed by atoms with Gasteiger partial charge in [0.1, 0.15) is 0 Å². The molecule has 9 heavy (non-hydrogen) atoms. The molecular formula is C6H8N2S. The van der Waals surface area contributed by atoms with E-state index in [0.717, 1.165) is 10.7 Å². The second kappa shape index (κ2) is 2.27. The fourth-order valence-electron chi connectivity index (χ4n) is 0.536. The van der Waals surface area contributed by atoms with Gasteiger partial charge in [-0.2, -0.15) is 0 Å². The second-order valence-corrected chi connectivity index (χ2v) is 2.94. The molecule has 0 aliphatic carbocycles. The van der Waals surface area contributed by atoms with Gasteiger partial charge in [-0.1, -0.05) is 0 Å². The minimum Gasteiger partial charge on any atom is -0.303 e. The van der Waals surface area contributed by atoms with Crippen molar-refractivity contribution in [2.45, 2.75) is 13.8 Å². The summed E-state index contributed by atoms with van der Waals surface area (Å²) in [6.07, 6.45) is 0. The molecule has 1 N–H and O–H groups in total. The van der Waals surface area contributed by atoms with Gasteiger partial charge in [-0.15, -0.1) is 11.3 Å². The zero-order chi connectivity index (χ0) is 6.85. The fraction of sp³-hybridized carbons (Fsp3) is 0.333. The van der Waals surface area contributed by atoms with Gasteiger partial charge in [0.25, 0.3) is 0 Å². The Labute approximate surface area is 58.1 Å². The van der Waals surface area contributed by atoms with Gasteiger partial charge in [0.15, 0.2) is 0 Å². The molecule has 3 heteroatoms. The lowest BCUT2D eigenvalue weighted by Gasteiger charge is -1.84. The average molecular weight is 140 g/mol. The van der Waals surface area contributed by atoms with E-state index in [1.807, 2.05) is 12.3 Å². The Morgan fingerprint density at radius 2 is 2.44 bits per heavy atom. The van der Waals surface area contributed by atoms with Crippen LogP contribution in [-0.4, -0.2) is 10.7 Å². The lowest BCUT2D eigenvalue weighted by molar-refractivity contribution is 1.25. The molecule has 1 aromatic rings. The van der Waals surface area contributed by atoms with Crippen LogP contribution in [0.15, 0.2) is 5.38 Å². The molecule has 0 atom stereocenters. The molecule has 0 aliphatic heterocycles. The zero-order valence-electron chi connectivity index (χ0n) is 5.43. The molecule has 1 rings (SSSR count). The van der Waals surface area contributed by atoms with Crippen molar-refractivity contribution in [3.63, 3.8) is 0 Å². The Morgan fingerprint density at radius 1 is 1.78 bits per heavy atom. The molecule has 0 aliphatic rings. The minimum atomic E-state index is 0.541. The SMILES string of the molecule is CC(=N)c1csc(C)n1. The number of nitrogens with zero attached hydrogens (tertiary/aromatic N) is 1. The first-order chi connectivity index (χ1) is 4.20. The van der Waals surface area contributed by atoms with Gasteiger partial charge >= 0.3 is 0 Å². The summed E-state index contributed by atoms with van der Waals surface area (Å²) in [7, 11) is 0. The monoisotopic (exact) mass is 140 g/mol. The highest BCUT2D eigenvalue weighted by molar-refractivity contribution is 7.09. The minimum absolute atomic E-state index is 0.541. The molecular weight excluding hydrogens is 132 g/mol. The van der Waals surface area contributed by atoms with E-state index in [-0.39, 0.29) is 0 Å². The number of aromatic nitrogens is 1. The van der Waals surface area contributed by atoms with E-state index in [1.165, 1.54) is 0 Å². The number of nitrogens with one attached hydrogen (secondary N) is 1. The summed E-state index contributed by atoms with van der Waals surface area (Å²) in [6, 6.07) is 0. The number of rotatable bonds is 1. The van der Waals surface area contributed by atoms with Crippen LogP contribution in [0.5, 0.6) is 0 Å². The van der Waals surface area contributed by atoms with E-state index >= 15 is 0 Å². The molecule has 48 valence electrons. The number of thiazole rings is 1. The van der Waals surface area contributed by atoms with Gasteiger partial charge in [0.05, 0.1) is 16.4 Å². The molecule has 1 aromatic heterocycles. The smallest absolute Gasteiger partial charge is 0.0946 e. The van der Waals surface area contributed by atoms with E-state index in [2.05, 4.69) is 4.98 Å². The Bertz CT molecular complexity index is 227. The highest BCUT2D eigenvalue weighted by Gasteiger charge is 1.97. The van der Waals surface area contributed by atoms with Crippen LogP contribution >= 0.6 is 11.3 Å². The topological polar surface area (TPSA) is 36.7 Å². The number of aryl methyl sites for hydroxylation is 1. The predicted octanol–water partition coefficient (Wildman–Crippen LogP) is 1.84. The third kappa shape index (κ3) is 1.36. The maximum Gasteiger partial charge on any atom is 0.0946 e. The lowest BCUT2D eigenvalue weighted by Crippen LogP contribution is -1.90. The summed E-state index contributed by atoms with van der Waals surface area (Å²) in [4.78, 5) is 4.10. The highest BCUT2D eigenvalue weighted by Crippen LogP contribution is 2.07. The van der Waals surface area contributed by atoms with Crippen molar-refractivity contribution in [1.82, 2.24) is 4.98 Å². The quantitative estimate of drug-likeness (QED) is 0.594. The first-order valence-electron chi connectivity index (χ1n) is 2.68. The van der Waals surface area contributed by atoms with Crippen LogP contribution in [-0.2, 0) is 0 Å². The Kier molecular flexibility index (Phi) is 1.62. The van der Waals surface area contributed by atoms with E-state index in [9.17, 15) is 0 Å². The van der Waals surface area contributed by atoms with E-state index in [0.29, 0.717) is 5.71 Å².